The monoisotopic (exact) mass is 450 g/mol. The number of nitro benzene ring substituents is 1. The number of hydrogen-bond donors (Lipinski definition) is 1. The molecule has 0 aliphatic heterocycles. The number of amides is 1. The average molecular weight is 451 g/mol. The second-order valence-electron chi connectivity index (χ2n) is 6.49. The molecule has 1 N–H and O–H groups in total. The number of benzene rings is 3. The van der Waals surface area contributed by atoms with Gasteiger partial charge in [0.15, 0.2) is 5.82 Å². The van der Waals surface area contributed by atoms with Crippen LogP contribution in [-0.2, 0) is 4.79 Å². The van der Waals surface area contributed by atoms with Gasteiger partial charge in [0.05, 0.1) is 16.2 Å². The molecule has 0 bridgehead atoms. The van der Waals surface area contributed by atoms with Gasteiger partial charge >= 0.3 is 0 Å². The highest BCUT2D eigenvalue weighted by molar-refractivity contribution is 8.00. The van der Waals surface area contributed by atoms with Crippen molar-refractivity contribution in [1.82, 2.24) is 9.97 Å². The molecule has 9 heteroatoms. The van der Waals surface area contributed by atoms with Crippen LogP contribution in [0.25, 0.3) is 22.3 Å². The first kappa shape index (κ1) is 20.8. The summed E-state index contributed by atoms with van der Waals surface area (Å²) in [5.41, 5.74) is 1.55. The Kier molecular flexibility index (Phi) is 6.11. The van der Waals surface area contributed by atoms with Crippen molar-refractivity contribution >= 4 is 51.5 Å². The maximum atomic E-state index is 12.5. The molecule has 0 unspecified atom stereocenters. The summed E-state index contributed by atoms with van der Waals surface area (Å²) in [5, 5.41) is 15.6. The maximum absolute atomic E-state index is 12.5. The van der Waals surface area contributed by atoms with Gasteiger partial charge in [-0.05, 0) is 24.3 Å². The number of nitro groups is 1. The highest BCUT2D eigenvalue weighted by atomic mass is 35.5. The minimum Gasteiger partial charge on any atom is -0.320 e. The minimum atomic E-state index is -0.533. The van der Waals surface area contributed by atoms with Crippen LogP contribution in [0.2, 0.25) is 5.02 Å². The summed E-state index contributed by atoms with van der Waals surface area (Å²) in [6, 6.07) is 20.9. The highest BCUT2D eigenvalue weighted by Gasteiger charge is 2.16. The number of rotatable bonds is 6. The maximum Gasteiger partial charge on any atom is 0.292 e. The summed E-state index contributed by atoms with van der Waals surface area (Å²) in [7, 11) is 0. The summed E-state index contributed by atoms with van der Waals surface area (Å²) in [6.45, 7) is 0. The van der Waals surface area contributed by atoms with Gasteiger partial charge in [0, 0.05) is 22.0 Å². The van der Waals surface area contributed by atoms with E-state index in [0.29, 0.717) is 21.4 Å². The molecule has 0 saturated heterocycles. The van der Waals surface area contributed by atoms with Crippen LogP contribution < -0.4 is 5.32 Å². The lowest BCUT2D eigenvalue weighted by Crippen LogP contribution is -2.15. The first-order chi connectivity index (χ1) is 15.0. The van der Waals surface area contributed by atoms with Crippen LogP contribution in [0.15, 0.2) is 77.8 Å². The van der Waals surface area contributed by atoms with Crippen molar-refractivity contribution < 1.29 is 9.72 Å². The molecule has 4 aromatic rings. The number of thioether (sulfide) groups is 1. The van der Waals surface area contributed by atoms with Gasteiger partial charge < -0.3 is 5.32 Å². The zero-order valence-electron chi connectivity index (χ0n) is 16.0. The molecular weight excluding hydrogens is 436 g/mol. The highest BCUT2D eigenvalue weighted by Crippen LogP contribution is 2.31. The van der Waals surface area contributed by atoms with Crippen molar-refractivity contribution in [2.45, 2.75) is 5.03 Å². The Hall–Kier alpha value is -3.49. The van der Waals surface area contributed by atoms with Crippen molar-refractivity contribution in [3.8, 4) is 11.4 Å². The summed E-state index contributed by atoms with van der Waals surface area (Å²) < 4.78 is 0. The van der Waals surface area contributed by atoms with E-state index in [0.717, 1.165) is 10.9 Å². The lowest BCUT2D eigenvalue weighted by atomic mass is 10.2. The Bertz CT molecular complexity index is 1280. The number of nitrogens with one attached hydrogen (secondary N) is 1. The summed E-state index contributed by atoms with van der Waals surface area (Å²) in [6.07, 6.45) is 0. The predicted octanol–water partition coefficient (Wildman–Crippen LogP) is 5.59. The normalized spacial score (nSPS) is 10.7. The van der Waals surface area contributed by atoms with Gasteiger partial charge in [0.2, 0.25) is 5.91 Å². The second-order valence-corrected chi connectivity index (χ2v) is 7.89. The third-order valence-corrected chi connectivity index (χ3v) is 5.60. The number of carbonyl (C=O) groups is 1. The van der Waals surface area contributed by atoms with Crippen LogP contribution in [0, 0.1) is 10.1 Å². The lowest BCUT2D eigenvalue weighted by Gasteiger charge is -2.10. The second kappa shape index (κ2) is 9.11. The third-order valence-electron chi connectivity index (χ3n) is 4.37. The summed E-state index contributed by atoms with van der Waals surface area (Å²) in [4.78, 5) is 32.4. The lowest BCUT2D eigenvalue weighted by molar-refractivity contribution is -0.383. The zero-order valence-corrected chi connectivity index (χ0v) is 17.6. The number of nitrogens with zero attached hydrogens (tertiary/aromatic N) is 3. The molecule has 0 atom stereocenters. The van der Waals surface area contributed by atoms with Gasteiger partial charge in [-0.1, -0.05) is 65.8 Å². The van der Waals surface area contributed by atoms with Crippen molar-refractivity contribution in [2.24, 2.45) is 0 Å². The zero-order chi connectivity index (χ0) is 21.8. The van der Waals surface area contributed by atoms with E-state index in [1.54, 1.807) is 24.3 Å². The number of hydrogen-bond acceptors (Lipinski definition) is 6. The molecular formula is C22H15ClN4O3S. The first-order valence-electron chi connectivity index (χ1n) is 9.20. The fourth-order valence-electron chi connectivity index (χ4n) is 2.96. The largest absolute Gasteiger partial charge is 0.320 e. The molecule has 154 valence electrons. The number of anilines is 1. The van der Waals surface area contributed by atoms with Crippen molar-refractivity contribution in [1.29, 1.82) is 0 Å². The van der Waals surface area contributed by atoms with E-state index in [4.69, 9.17) is 11.6 Å². The average Bonchev–Trinajstić information content (AvgIpc) is 2.78. The summed E-state index contributed by atoms with van der Waals surface area (Å²) >= 11 is 7.37. The number of para-hydroxylation sites is 2. The Morgan fingerprint density at radius 1 is 1.03 bits per heavy atom. The van der Waals surface area contributed by atoms with Crippen molar-refractivity contribution in [2.75, 3.05) is 11.1 Å². The number of halogens is 1. The van der Waals surface area contributed by atoms with Gasteiger partial charge in [0.25, 0.3) is 5.69 Å². The van der Waals surface area contributed by atoms with E-state index >= 15 is 0 Å². The van der Waals surface area contributed by atoms with E-state index in [2.05, 4.69) is 15.3 Å². The molecule has 0 aliphatic rings. The molecule has 0 aliphatic carbocycles. The Balaban J connectivity index is 1.61. The van der Waals surface area contributed by atoms with Gasteiger partial charge in [-0.2, -0.15) is 0 Å². The number of aromatic nitrogens is 2. The third kappa shape index (κ3) is 4.82. The van der Waals surface area contributed by atoms with E-state index in [-0.39, 0.29) is 23.0 Å². The molecule has 0 radical (unpaired) electrons. The molecule has 0 fully saturated rings. The molecule has 31 heavy (non-hydrogen) atoms. The minimum absolute atomic E-state index is 0.0128. The summed E-state index contributed by atoms with van der Waals surface area (Å²) in [5.74, 6) is 0.171. The van der Waals surface area contributed by atoms with Crippen LogP contribution in [0.1, 0.15) is 0 Å². The standard InChI is InChI=1S/C22H15ClN4O3S/c23-15-10-11-17-16(12-15)22(26-21(25-17)14-6-2-1-3-7-14)31-13-20(28)24-18-8-4-5-9-19(18)27(29)30/h1-12H,13H2,(H,24,28). The van der Waals surface area contributed by atoms with E-state index in [1.165, 1.54) is 23.9 Å². The van der Waals surface area contributed by atoms with Gasteiger partial charge in [-0.25, -0.2) is 9.97 Å². The van der Waals surface area contributed by atoms with Crippen molar-refractivity contribution in [3.05, 3.63) is 87.9 Å². The molecule has 1 amide bonds. The van der Waals surface area contributed by atoms with E-state index < -0.39 is 4.92 Å². The number of carbonyl (C=O) groups excluding carboxylic acids is 1. The Morgan fingerprint density at radius 2 is 1.77 bits per heavy atom. The van der Waals surface area contributed by atoms with Crippen molar-refractivity contribution in [3.63, 3.8) is 0 Å². The van der Waals surface area contributed by atoms with Gasteiger partial charge in [-0.15, -0.1) is 0 Å². The quantitative estimate of drug-likeness (QED) is 0.178. The molecule has 3 aromatic carbocycles. The fourth-order valence-corrected chi connectivity index (χ4v) is 3.94. The van der Waals surface area contributed by atoms with Gasteiger partial charge in [-0.3, -0.25) is 14.9 Å². The van der Waals surface area contributed by atoms with E-state index in [1.807, 2.05) is 36.4 Å². The molecule has 1 heterocycles. The van der Waals surface area contributed by atoms with Crippen LogP contribution >= 0.6 is 23.4 Å². The topological polar surface area (TPSA) is 98.0 Å². The smallest absolute Gasteiger partial charge is 0.292 e. The Morgan fingerprint density at radius 3 is 2.55 bits per heavy atom. The van der Waals surface area contributed by atoms with Crippen LogP contribution in [0.4, 0.5) is 11.4 Å². The Labute approximate surface area is 186 Å². The fraction of sp³-hybridized carbons (Fsp3) is 0.0455. The molecule has 1 aromatic heterocycles. The SMILES string of the molecule is O=C(CSc1nc(-c2ccccc2)nc2ccc(Cl)cc12)Nc1ccccc1[N+](=O)[O-]. The van der Waals surface area contributed by atoms with Crippen LogP contribution in [0.3, 0.4) is 0 Å². The van der Waals surface area contributed by atoms with Crippen LogP contribution in [0.5, 0.6) is 0 Å². The van der Waals surface area contributed by atoms with E-state index in [9.17, 15) is 14.9 Å². The molecule has 4 rings (SSSR count). The van der Waals surface area contributed by atoms with Crippen LogP contribution in [-0.4, -0.2) is 26.6 Å². The predicted molar refractivity (Wildman–Crippen MR) is 122 cm³/mol. The number of fused-ring (bicyclic) bond motifs is 1. The van der Waals surface area contributed by atoms with Gasteiger partial charge in [0.1, 0.15) is 10.7 Å². The molecule has 7 nitrogen and oxygen atoms in total. The molecule has 0 spiro atoms. The molecule has 0 saturated carbocycles. The first-order valence-corrected chi connectivity index (χ1v) is 10.6.